The number of fused-ring (bicyclic) bond motifs is 1. The molecule has 0 saturated carbocycles. The van der Waals surface area contributed by atoms with E-state index in [-0.39, 0.29) is 10.8 Å². The van der Waals surface area contributed by atoms with Crippen LogP contribution in [0.15, 0.2) is 42.5 Å². The monoisotopic (exact) mass is 372 g/mol. The zero-order valence-corrected chi connectivity index (χ0v) is 15.6. The number of ether oxygens (including phenoxy) is 3. The first-order valence-electron chi connectivity index (χ1n) is 8.14. The number of hydrogen-bond acceptors (Lipinski definition) is 5. The molecular formula is C20H20O5S. The summed E-state index contributed by atoms with van der Waals surface area (Å²) >= 11 is 1.17. The van der Waals surface area contributed by atoms with E-state index in [1.807, 2.05) is 37.3 Å². The Balaban J connectivity index is 1.97. The predicted molar refractivity (Wildman–Crippen MR) is 102 cm³/mol. The third kappa shape index (κ3) is 3.46. The molecule has 2 aromatic carbocycles. The zero-order chi connectivity index (χ0) is 18.7. The minimum atomic E-state index is -1.01. The van der Waals surface area contributed by atoms with E-state index < -0.39 is 5.97 Å². The maximum atomic E-state index is 11.7. The molecule has 0 amide bonds. The number of aromatic carboxylic acids is 1. The molecule has 0 aliphatic heterocycles. The maximum absolute atomic E-state index is 11.7. The van der Waals surface area contributed by atoms with Crippen molar-refractivity contribution in [3.05, 3.63) is 52.9 Å². The van der Waals surface area contributed by atoms with Crippen molar-refractivity contribution in [1.82, 2.24) is 0 Å². The smallest absolute Gasteiger partial charge is 0.349 e. The van der Waals surface area contributed by atoms with Gasteiger partial charge in [-0.2, -0.15) is 0 Å². The summed E-state index contributed by atoms with van der Waals surface area (Å²) in [5.41, 5.74) is 1.14. The van der Waals surface area contributed by atoms with Gasteiger partial charge in [0.15, 0.2) is 22.1 Å². The summed E-state index contributed by atoms with van der Waals surface area (Å²) < 4.78 is 17.4. The van der Waals surface area contributed by atoms with Gasteiger partial charge in [-0.25, -0.2) is 4.79 Å². The van der Waals surface area contributed by atoms with Crippen molar-refractivity contribution in [2.45, 2.75) is 12.8 Å². The van der Waals surface area contributed by atoms with Gasteiger partial charge in [-0.15, -0.1) is 11.3 Å². The van der Waals surface area contributed by atoms with Crippen LogP contribution < -0.4 is 14.2 Å². The molecule has 1 atom stereocenters. The van der Waals surface area contributed by atoms with E-state index in [1.165, 1.54) is 11.3 Å². The number of methoxy groups -OCH3 is 2. The van der Waals surface area contributed by atoms with Crippen molar-refractivity contribution < 1.29 is 24.1 Å². The van der Waals surface area contributed by atoms with Crippen molar-refractivity contribution >= 4 is 27.4 Å². The number of rotatable bonds is 7. The van der Waals surface area contributed by atoms with Crippen LogP contribution in [0.2, 0.25) is 0 Å². The highest BCUT2D eigenvalue weighted by molar-refractivity contribution is 7.21. The normalized spacial score (nSPS) is 12.0. The fourth-order valence-corrected chi connectivity index (χ4v) is 3.77. The van der Waals surface area contributed by atoms with Crippen molar-refractivity contribution in [2.24, 2.45) is 0 Å². The van der Waals surface area contributed by atoms with Gasteiger partial charge in [0.25, 0.3) is 0 Å². The molecule has 136 valence electrons. The lowest BCUT2D eigenvalue weighted by atomic mass is 10.0. The first kappa shape index (κ1) is 18.1. The first-order chi connectivity index (χ1) is 12.5. The minimum Gasteiger partial charge on any atom is -0.493 e. The Bertz CT molecular complexity index is 917. The van der Waals surface area contributed by atoms with Gasteiger partial charge in [0.1, 0.15) is 0 Å². The molecule has 0 saturated heterocycles. The van der Waals surface area contributed by atoms with Crippen LogP contribution in [0, 0.1) is 0 Å². The van der Waals surface area contributed by atoms with Crippen LogP contribution in [-0.2, 0) is 0 Å². The third-order valence-electron chi connectivity index (χ3n) is 4.19. The number of carboxylic acids is 1. The molecular weight excluding hydrogens is 352 g/mol. The van der Waals surface area contributed by atoms with Crippen LogP contribution in [0.3, 0.4) is 0 Å². The van der Waals surface area contributed by atoms with Crippen LogP contribution in [0.4, 0.5) is 0 Å². The second-order valence-electron chi connectivity index (χ2n) is 5.89. The van der Waals surface area contributed by atoms with Crippen molar-refractivity contribution in [3.63, 3.8) is 0 Å². The Morgan fingerprint density at radius 3 is 2.38 bits per heavy atom. The topological polar surface area (TPSA) is 65.0 Å². The molecule has 0 aliphatic rings. The molecule has 0 fully saturated rings. The van der Waals surface area contributed by atoms with E-state index in [9.17, 15) is 9.90 Å². The summed E-state index contributed by atoms with van der Waals surface area (Å²) in [5.74, 6) is 0.596. The Morgan fingerprint density at radius 1 is 1.12 bits per heavy atom. The van der Waals surface area contributed by atoms with E-state index in [4.69, 9.17) is 14.2 Å². The zero-order valence-electron chi connectivity index (χ0n) is 14.8. The summed E-state index contributed by atoms with van der Waals surface area (Å²) in [4.78, 5) is 11.9. The highest BCUT2D eigenvalue weighted by Gasteiger charge is 2.22. The SMILES string of the molecule is COc1cc2sc(C(=O)O)c(OCC(C)c3ccccc3)c2cc1OC. The highest BCUT2D eigenvalue weighted by Crippen LogP contribution is 2.43. The Labute approximate surface area is 155 Å². The lowest BCUT2D eigenvalue weighted by Gasteiger charge is -2.14. The van der Waals surface area contributed by atoms with Crippen LogP contribution >= 0.6 is 11.3 Å². The van der Waals surface area contributed by atoms with E-state index in [0.29, 0.717) is 29.2 Å². The fourth-order valence-electron chi connectivity index (χ4n) is 2.77. The molecule has 3 aromatic rings. The molecule has 1 aromatic heterocycles. The van der Waals surface area contributed by atoms with Gasteiger partial charge in [-0.3, -0.25) is 0 Å². The molecule has 0 radical (unpaired) electrons. The summed E-state index contributed by atoms with van der Waals surface area (Å²) in [6, 6.07) is 13.5. The van der Waals surface area contributed by atoms with Gasteiger partial charge in [-0.1, -0.05) is 37.3 Å². The van der Waals surface area contributed by atoms with Crippen LogP contribution in [0.5, 0.6) is 17.2 Å². The number of carbonyl (C=O) groups is 1. The molecule has 1 unspecified atom stereocenters. The molecule has 0 bridgehead atoms. The van der Waals surface area contributed by atoms with Crippen LogP contribution in [0.25, 0.3) is 10.1 Å². The largest absolute Gasteiger partial charge is 0.493 e. The second-order valence-corrected chi connectivity index (χ2v) is 6.94. The van der Waals surface area contributed by atoms with Gasteiger partial charge in [-0.05, 0) is 11.6 Å². The standard InChI is InChI=1S/C20H20O5S/c1-12(13-7-5-4-6-8-13)11-25-18-14-9-15(23-2)16(24-3)10-17(14)26-19(18)20(21)22/h4-10,12H,11H2,1-3H3,(H,21,22). The van der Waals surface area contributed by atoms with Gasteiger partial charge in [0.05, 0.1) is 20.8 Å². The molecule has 3 rings (SSSR count). The summed E-state index contributed by atoms with van der Waals surface area (Å²) in [6.07, 6.45) is 0. The van der Waals surface area contributed by atoms with Crippen LogP contribution in [-0.4, -0.2) is 31.9 Å². The third-order valence-corrected chi connectivity index (χ3v) is 5.31. The number of hydrogen-bond donors (Lipinski definition) is 1. The average Bonchev–Trinajstić information content (AvgIpc) is 3.03. The van der Waals surface area contributed by atoms with Crippen LogP contribution in [0.1, 0.15) is 28.1 Å². The summed E-state index contributed by atoms with van der Waals surface area (Å²) in [7, 11) is 3.10. The van der Waals surface area contributed by atoms with Crippen molar-refractivity contribution in [2.75, 3.05) is 20.8 Å². The van der Waals surface area contributed by atoms with Gasteiger partial charge >= 0.3 is 5.97 Å². The lowest BCUT2D eigenvalue weighted by Crippen LogP contribution is -2.08. The molecule has 1 N–H and O–H groups in total. The first-order valence-corrected chi connectivity index (χ1v) is 8.96. The fraction of sp³-hybridized carbons (Fsp3) is 0.250. The maximum Gasteiger partial charge on any atom is 0.349 e. The lowest BCUT2D eigenvalue weighted by molar-refractivity contribution is 0.0698. The Kier molecular flexibility index (Phi) is 5.32. The number of benzene rings is 2. The average molecular weight is 372 g/mol. The quantitative estimate of drug-likeness (QED) is 0.645. The molecule has 1 heterocycles. The molecule has 26 heavy (non-hydrogen) atoms. The second kappa shape index (κ2) is 7.66. The molecule has 0 aliphatic carbocycles. The summed E-state index contributed by atoms with van der Waals surface area (Å²) in [6.45, 7) is 2.43. The van der Waals surface area contributed by atoms with Crippen molar-refractivity contribution in [3.8, 4) is 17.2 Å². The Morgan fingerprint density at radius 2 is 1.77 bits per heavy atom. The van der Waals surface area contributed by atoms with Crippen molar-refractivity contribution in [1.29, 1.82) is 0 Å². The molecule has 0 spiro atoms. The predicted octanol–water partition coefficient (Wildman–Crippen LogP) is 4.80. The summed E-state index contributed by atoms with van der Waals surface area (Å²) in [5, 5.41) is 10.3. The van der Waals surface area contributed by atoms with Gasteiger partial charge in [0, 0.05) is 22.1 Å². The number of carboxylic acid groups (broad SMARTS) is 1. The van der Waals surface area contributed by atoms with E-state index in [0.717, 1.165) is 10.3 Å². The highest BCUT2D eigenvalue weighted by atomic mass is 32.1. The van der Waals surface area contributed by atoms with Gasteiger partial charge in [0.2, 0.25) is 0 Å². The van der Waals surface area contributed by atoms with Gasteiger partial charge < -0.3 is 19.3 Å². The molecule has 5 nitrogen and oxygen atoms in total. The van der Waals surface area contributed by atoms with E-state index >= 15 is 0 Å². The van der Waals surface area contributed by atoms with E-state index in [1.54, 1.807) is 26.4 Å². The molecule has 6 heteroatoms. The minimum absolute atomic E-state index is 0.132. The number of thiophene rings is 1. The van der Waals surface area contributed by atoms with E-state index in [2.05, 4.69) is 0 Å². The Hall–Kier alpha value is -2.73.